The lowest BCUT2D eigenvalue weighted by Gasteiger charge is -2.20. The molecule has 0 heterocycles. The van der Waals surface area contributed by atoms with Gasteiger partial charge < -0.3 is 10.1 Å². The molecular formula is C20H24N2O4S. The lowest BCUT2D eigenvalue weighted by Crippen LogP contribution is -2.30. The van der Waals surface area contributed by atoms with E-state index in [9.17, 15) is 13.2 Å². The summed E-state index contributed by atoms with van der Waals surface area (Å²) in [5.74, 6) is 0.244. The van der Waals surface area contributed by atoms with Gasteiger partial charge in [-0.05, 0) is 49.4 Å². The summed E-state index contributed by atoms with van der Waals surface area (Å²) < 4.78 is 34.3. The number of anilines is 1. The molecule has 0 saturated heterocycles. The first kappa shape index (κ1) is 19.4. The summed E-state index contributed by atoms with van der Waals surface area (Å²) in [5.41, 5.74) is 2.48. The average Bonchev–Trinajstić information content (AvgIpc) is 3.45. The minimum atomic E-state index is -3.85. The first-order valence-corrected chi connectivity index (χ1v) is 10.3. The second-order valence-corrected chi connectivity index (χ2v) is 8.58. The fourth-order valence-corrected chi connectivity index (χ4v) is 4.53. The van der Waals surface area contributed by atoms with Crippen molar-refractivity contribution in [3.63, 3.8) is 0 Å². The Hall–Kier alpha value is -2.38. The van der Waals surface area contributed by atoms with Gasteiger partial charge in [0.2, 0.25) is 15.9 Å². The number of hydrogen-bond acceptors (Lipinski definition) is 4. The molecule has 0 bridgehead atoms. The average molecular weight is 388 g/mol. The molecule has 1 aliphatic carbocycles. The van der Waals surface area contributed by atoms with Gasteiger partial charge in [-0.1, -0.05) is 29.8 Å². The maximum Gasteiger partial charge on any atom is 0.244 e. The molecule has 0 aliphatic heterocycles. The fourth-order valence-electron chi connectivity index (χ4n) is 3.04. The number of nitrogens with one attached hydrogen (secondary N) is 2. The Morgan fingerprint density at radius 2 is 1.81 bits per heavy atom. The summed E-state index contributed by atoms with van der Waals surface area (Å²) in [7, 11) is -2.43. The minimum Gasteiger partial charge on any atom is -0.495 e. The van der Waals surface area contributed by atoms with Gasteiger partial charge >= 0.3 is 0 Å². The highest BCUT2D eigenvalue weighted by atomic mass is 32.2. The molecule has 27 heavy (non-hydrogen) atoms. The van der Waals surface area contributed by atoms with Gasteiger partial charge in [-0.2, -0.15) is 0 Å². The van der Waals surface area contributed by atoms with Crippen LogP contribution >= 0.6 is 0 Å². The van der Waals surface area contributed by atoms with Crippen LogP contribution in [-0.4, -0.2) is 21.4 Å². The zero-order chi connectivity index (χ0) is 19.6. The van der Waals surface area contributed by atoms with Crippen LogP contribution in [0.15, 0.2) is 47.4 Å². The Morgan fingerprint density at radius 1 is 1.15 bits per heavy atom. The molecule has 0 radical (unpaired) electrons. The van der Waals surface area contributed by atoms with Crippen molar-refractivity contribution in [3.05, 3.63) is 53.6 Å². The van der Waals surface area contributed by atoms with Gasteiger partial charge in [0, 0.05) is 18.7 Å². The van der Waals surface area contributed by atoms with Crippen molar-refractivity contribution in [2.75, 3.05) is 12.4 Å². The number of carbonyl (C=O) groups excluding carboxylic acids is 1. The molecule has 1 saturated carbocycles. The van der Waals surface area contributed by atoms with Gasteiger partial charge in [0.25, 0.3) is 0 Å². The predicted molar refractivity (Wildman–Crippen MR) is 104 cm³/mol. The van der Waals surface area contributed by atoms with Crippen molar-refractivity contribution < 1.29 is 17.9 Å². The molecule has 0 aromatic heterocycles. The smallest absolute Gasteiger partial charge is 0.244 e. The molecule has 7 heteroatoms. The highest BCUT2D eigenvalue weighted by Crippen LogP contribution is 2.42. The Morgan fingerprint density at radius 3 is 2.37 bits per heavy atom. The predicted octanol–water partition coefficient (Wildman–Crippen LogP) is 3.39. The summed E-state index contributed by atoms with van der Waals surface area (Å²) in [5, 5.41) is 2.61. The number of methoxy groups -OCH3 is 1. The summed E-state index contributed by atoms with van der Waals surface area (Å²) in [6.45, 7) is 3.37. The molecule has 2 aromatic rings. The van der Waals surface area contributed by atoms with E-state index in [0.717, 1.165) is 24.0 Å². The van der Waals surface area contributed by atoms with Gasteiger partial charge in [0.1, 0.15) is 10.6 Å². The third-order valence-corrected chi connectivity index (χ3v) is 6.05. The number of benzene rings is 2. The molecule has 3 rings (SSSR count). The van der Waals surface area contributed by atoms with Gasteiger partial charge in [-0.25, -0.2) is 13.1 Å². The van der Waals surface area contributed by atoms with Crippen LogP contribution < -0.4 is 14.8 Å². The van der Waals surface area contributed by atoms with E-state index in [-0.39, 0.29) is 28.5 Å². The van der Waals surface area contributed by atoms with Crippen LogP contribution in [0.4, 0.5) is 5.69 Å². The third kappa shape index (κ3) is 4.67. The van der Waals surface area contributed by atoms with E-state index < -0.39 is 10.0 Å². The molecular weight excluding hydrogens is 364 g/mol. The zero-order valence-electron chi connectivity index (χ0n) is 15.7. The first-order chi connectivity index (χ1) is 12.8. The number of amides is 1. The Kier molecular flexibility index (Phi) is 5.53. The fraction of sp³-hybridized carbons (Fsp3) is 0.350. The van der Waals surface area contributed by atoms with E-state index in [2.05, 4.69) is 10.0 Å². The Bertz CT molecular complexity index is 935. The molecule has 0 spiro atoms. The lowest BCUT2D eigenvalue weighted by atomic mass is 10.0. The normalized spacial score (nSPS) is 15.2. The van der Waals surface area contributed by atoms with Crippen LogP contribution in [0, 0.1) is 12.8 Å². The van der Waals surface area contributed by atoms with Crippen molar-refractivity contribution >= 4 is 21.6 Å². The zero-order valence-corrected chi connectivity index (χ0v) is 16.5. The number of hydrogen-bond donors (Lipinski definition) is 2. The summed E-state index contributed by atoms with van der Waals surface area (Å²) in [6, 6.07) is 12.2. The van der Waals surface area contributed by atoms with Gasteiger partial charge in [-0.15, -0.1) is 0 Å². The molecule has 6 nitrogen and oxygen atoms in total. The number of sulfonamides is 1. The van der Waals surface area contributed by atoms with Gasteiger partial charge in [0.15, 0.2) is 0 Å². The topological polar surface area (TPSA) is 84.5 Å². The van der Waals surface area contributed by atoms with Crippen molar-refractivity contribution in [3.8, 4) is 5.75 Å². The largest absolute Gasteiger partial charge is 0.495 e. The number of aryl methyl sites for hydroxylation is 1. The Labute approximate surface area is 160 Å². The van der Waals surface area contributed by atoms with E-state index in [4.69, 9.17) is 4.74 Å². The summed E-state index contributed by atoms with van der Waals surface area (Å²) in [4.78, 5) is 11.3. The highest BCUT2D eigenvalue weighted by molar-refractivity contribution is 7.89. The van der Waals surface area contributed by atoms with E-state index in [0.29, 0.717) is 5.69 Å². The van der Waals surface area contributed by atoms with Crippen molar-refractivity contribution in [1.29, 1.82) is 0 Å². The molecule has 1 amide bonds. The Balaban J connectivity index is 1.94. The highest BCUT2D eigenvalue weighted by Gasteiger charge is 2.36. The minimum absolute atomic E-state index is 0.00834. The second-order valence-electron chi connectivity index (χ2n) is 6.89. The van der Waals surface area contributed by atoms with Crippen LogP contribution in [0.1, 0.15) is 36.9 Å². The quantitative estimate of drug-likeness (QED) is 0.761. The number of rotatable bonds is 7. The third-order valence-electron chi connectivity index (χ3n) is 4.59. The van der Waals surface area contributed by atoms with E-state index >= 15 is 0 Å². The SMILES string of the molecule is COc1ccc(NC(C)=O)cc1S(=O)(=O)N[C@H](c1ccc(C)cc1)C1CC1. The molecule has 1 fully saturated rings. The molecule has 2 aromatic carbocycles. The van der Waals surface area contributed by atoms with E-state index in [1.54, 1.807) is 6.07 Å². The lowest BCUT2D eigenvalue weighted by molar-refractivity contribution is -0.114. The van der Waals surface area contributed by atoms with E-state index in [1.807, 2.05) is 31.2 Å². The van der Waals surface area contributed by atoms with Crippen molar-refractivity contribution in [2.45, 2.75) is 37.6 Å². The second kappa shape index (κ2) is 7.70. The first-order valence-electron chi connectivity index (χ1n) is 8.84. The van der Waals surface area contributed by atoms with Gasteiger partial charge in [0.05, 0.1) is 7.11 Å². The van der Waals surface area contributed by atoms with Crippen molar-refractivity contribution in [1.82, 2.24) is 4.72 Å². The van der Waals surface area contributed by atoms with Gasteiger partial charge in [-0.3, -0.25) is 4.79 Å². The number of carbonyl (C=O) groups is 1. The maximum atomic E-state index is 13.1. The van der Waals surface area contributed by atoms with Crippen molar-refractivity contribution in [2.24, 2.45) is 5.92 Å². The molecule has 2 N–H and O–H groups in total. The molecule has 144 valence electrons. The van der Waals surface area contributed by atoms with E-state index in [1.165, 1.54) is 26.2 Å². The summed E-state index contributed by atoms with van der Waals surface area (Å²) in [6.07, 6.45) is 1.98. The number of ether oxygens (including phenoxy) is 1. The standard InChI is InChI=1S/C20H24N2O4S/c1-13-4-6-15(7-5-13)20(16-8-9-16)22-27(24,25)19-12-17(21-14(2)23)10-11-18(19)26-3/h4-7,10-12,16,20,22H,8-9H2,1-3H3,(H,21,23)/t20-/m1/s1. The molecule has 1 aliphatic rings. The van der Waals surface area contributed by atoms with Crippen LogP contribution in [0.3, 0.4) is 0 Å². The molecule has 0 unspecified atom stereocenters. The van der Waals surface area contributed by atoms with Crippen LogP contribution in [-0.2, 0) is 14.8 Å². The van der Waals surface area contributed by atoms with Crippen LogP contribution in [0.2, 0.25) is 0 Å². The molecule has 1 atom stereocenters. The summed E-state index contributed by atoms with van der Waals surface area (Å²) >= 11 is 0. The van der Waals surface area contributed by atoms with Crippen LogP contribution in [0.25, 0.3) is 0 Å². The maximum absolute atomic E-state index is 13.1. The van der Waals surface area contributed by atoms with Crippen LogP contribution in [0.5, 0.6) is 5.75 Å². The monoisotopic (exact) mass is 388 g/mol.